The molecule has 2 saturated heterocycles. The molecule has 15 nitrogen and oxygen atoms in total. The van der Waals surface area contributed by atoms with E-state index in [1.165, 1.54) is 13.8 Å². The fourth-order valence-electron chi connectivity index (χ4n) is 7.29. The number of esters is 4. The highest BCUT2D eigenvalue weighted by Gasteiger charge is 2.56. The highest BCUT2D eigenvalue weighted by Crippen LogP contribution is 2.36. The van der Waals surface area contributed by atoms with Gasteiger partial charge in [-0.1, -0.05) is 121 Å². The normalized spacial score (nSPS) is 25.7. The first-order chi connectivity index (χ1) is 30.5. The summed E-state index contributed by atoms with van der Waals surface area (Å²) in [5.41, 5.74) is 3.52. The molecule has 2 heterocycles. The summed E-state index contributed by atoms with van der Waals surface area (Å²) < 4.78 is 68.9. The van der Waals surface area contributed by atoms with Crippen molar-refractivity contribution in [3.05, 3.63) is 144 Å². The Bertz CT molecular complexity index is 2020. The quantitative estimate of drug-likeness (QED) is 0.0773. The van der Waals surface area contributed by atoms with Gasteiger partial charge in [0.25, 0.3) is 0 Å². The Morgan fingerprint density at radius 1 is 0.413 bits per heavy atom. The second-order valence-electron chi connectivity index (χ2n) is 15.0. The molecule has 0 amide bonds. The van der Waals surface area contributed by atoms with Crippen molar-refractivity contribution in [1.29, 1.82) is 0 Å². The minimum atomic E-state index is -1.60. The van der Waals surface area contributed by atoms with E-state index in [4.69, 9.17) is 52.1 Å². The molecule has 2 aliphatic rings. The third-order valence-electron chi connectivity index (χ3n) is 10.1. The zero-order valence-corrected chi connectivity index (χ0v) is 35.7. The van der Waals surface area contributed by atoms with Crippen molar-refractivity contribution in [1.82, 2.24) is 0 Å². The Kier molecular flexibility index (Phi) is 17.7. The van der Waals surface area contributed by atoms with E-state index in [2.05, 4.69) is 0 Å². The summed E-state index contributed by atoms with van der Waals surface area (Å²) in [4.78, 5) is 50.1. The summed E-state index contributed by atoms with van der Waals surface area (Å²) in [6.45, 7) is 4.82. The van der Waals surface area contributed by atoms with Crippen molar-refractivity contribution in [3.8, 4) is 0 Å². The molecule has 0 saturated carbocycles. The van der Waals surface area contributed by atoms with Crippen molar-refractivity contribution in [2.75, 3.05) is 13.2 Å². The molecular formula is C48H54O15. The Morgan fingerprint density at radius 2 is 0.825 bits per heavy atom. The summed E-state index contributed by atoms with van der Waals surface area (Å²) in [5.74, 6) is -2.99. The maximum absolute atomic E-state index is 12.8. The van der Waals surface area contributed by atoms with Crippen LogP contribution < -0.4 is 0 Å². The zero-order chi connectivity index (χ0) is 44.6. The van der Waals surface area contributed by atoms with Crippen LogP contribution in [-0.4, -0.2) is 98.5 Å². The smallest absolute Gasteiger partial charge is 0.305 e. The van der Waals surface area contributed by atoms with Crippen LogP contribution in [0.15, 0.2) is 121 Å². The lowest BCUT2D eigenvalue weighted by Gasteiger charge is -2.49. The van der Waals surface area contributed by atoms with Crippen molar-refractivity contribution in [2.24, 2.45) is 0 Å². The Balaban J connectivity index is 1.44. The van der Waals surface area contributed by atoms with Crippen LogP contribution in [0.3, 0.4) is 0 Å². The molecule has 15 heteroatoms. The molecule has 4 aromatic carbocycles. The van der Waals surface area contributed by atoms with E-state index in [-0.39, 0.29) is 33.0 Å². The van der Waals surface area contributed by atoms with Gasteiger partial charge >= 0.3 is 23.9 Å². The molecule has 0 aliphatic carbocycles. The molecule has 6 rings (SSSR count). The van der Waals surface area contributed by atoms with Crippen LogP contribution in [0.5, 0.6) is 0 Å². The minimum Gasteiger partial charge on any atom is -0.463 e. The van der Waals surface area contributed by atoms with Crippen molar-refractivity contribution >= 4 is 23.9 Å². The minimum absolute atomic E-state index is 0.00944. The molecule has 63 heavy (non-hydrogen) atoms. The summed E-state index contributed by atoms with van der Waals surface area (Å²) in [7, 11) is 0. The Morgan fingerprint density at radius 3 is 1.30 bits per heavy atom. The predicted octanol–water partition coefficient (Wildman–Crippen LogP) is 5.78. The van der Waals surface area contributed by atoms with E-state index in [0.29, 0.717) is 0 Å². The molecule has 0 bridgehead atoms. The van der Waals surface area contributed by atoms with Gasteiger partial charge in [-0.25, -0.2) is 0 Å². The summed E-state index contributed by atoms with van der Waals surface area (Å²) in [6, 6.07) is 38.3. The first kappa shape index (κ1) is 47.0. The van der Waals surface area contributed by atoms with Crippen LogP contribution in [0.25, 0.3) is 0 Å². The van der Waals surface area contributed by atoms with Crippen LogP contribution in [0, 0.1) is 0 Å². The first-order valence-corrected chi connectivity index (χ1v) is 20.7. The third-order valence-corrected chi connectivity index (χ3v) is 10.1. The van der Waals surface area contributed by atoms with E-state index < -0.39 is 91.9 Å². The van der Waals surface area contributed by atoms with Gasteiger partial charge in [-0.15, -0.1) is 0 Å². The van der Waals surface area contributed by atoms with E-state index >= 15 is 0 Å². The number of ether oxygens (including phenoxy) is 11. The van der Waals surface area contributed by atoms with Gasteiger partial charge in [-0.2, -0.15) is 0 Å². The van der Waals surface area contributed by atoms with Gasteiger partial charge in [0.1, 0.15) is 43.2 Å². The second-order valence-corrected chi connectivity index (χ2v) is 15.0. The summed E-state index contributed by atoms with van der Waals surface area (Å²) in [6.07, 6.45) is -12.5. The maximum atomic E-state index is 12.8. The molecule has 10 atom stereocenters. The van der Waals surface area contributed by atoms with E-state index in [0.717, 1.165) is 36.1 Å². The van der Waals surface area contributed by atoms with Gasteiger partial charge in [0, 0.05) is 27.7 Å². The molecule has 0 radical (unpaired) electrons. The van der Waals surface area contributed by atoms with Gasteiger partial charge in [-0.3, -0.25) is 19.2 Å². The van der Waals surface area contributed by atoms with Gasteiger partial charge < -0.3 is 52.1 Å². The lowest BCUT2D eigenvalue weighted by molar-refractivity contribution is -0.368. The fraction of sp³-hybridized carbons (Fsp3) is 0.417. The summed E-state index contributed by atoms with van der Waals surface area (Å²) in [5, 5.41) is 0. The third kappa shape index (κ3) is 14.2. The molecular weight excluding hydrogens is 817 g/mol. The number of carbonyl (C=O) groups is 4. The monoisotopic (exact) mass is 870 g/mol. The molecule has 0 aromatic heterocycles. The number of benzene rings is 4. The van der Waals surface area contributed by atoms with Gasteiger partial charge in [0.2, 0.25) is 6.29 Å². The average Bonchev–Trinajstić information content (AvgIpc) is 3.27. The highest BCUT2D eigenvalue weighted by molar-refractivity contribution is 5.68. The summed E-state index contributed by atoms with van der Waals surface area (Å²) >= 11 is 0. The van der Waals surface area contributed by atoms with E-state index in [9.17, 15) is 19.2 Å². The van der Waals surface area contributed by atoms with Crippen LogP contribution in [0.4, 0.5) is 0 Å². The molecule has 0 N–H and O–H groups in total. The van der Waals surface area contributed by atoms with E-state index in [1.807, 2.05) is 121 Å². The molecule has 4 aromatic rings. The van der Waals surface area contributed by atoms with Crippen LogP contribution in [-0.2, 0) is 97.7 Å². The molecule has 2 fully saturated rings. The number of carbonyl (C=O) groups excluding carboxylic acids is 4. The van der Waals surface area contributed by atoms with Gasteiger partial charge in [0.15, 0.2) is 18.5 Å². The SMILES string of the molecule is CC(=O)OC[C@H]1O[C@H](OC(C)=O)[C@H](OC(C)=O)[C@@H](O[C@H]2O[C@H](COCc3ccccc3)[C@@H](OCc3ccccc3)[C@H](OCc3ccccc3)[C@H]2OCc2ccccc2)[C@@H]1OC(C)=O. The van der Waals surface area contributed by atoms with E-state index in [1.54, 1.807) is 0 Å². The van der Waals surface area contributed by atoms with Crippen molar-refractivity contribution in [2.45, 2.75) is 116 Å². The lowest BCUT2D eigenvalue weighted by Crippen LogP contribution is -2.67. The van der Waals surface area contributed by atoms with Crippen molar-refractivity contribution < 1.29 is 71.3 Å². The highest BCUT2D eigenvalue weighted by atomic mass is 16.8. The predicted molar refractivity (Wildman–Crippen MR) is 223 cm³/mol. The standard InChI is InChI=1S/C48H54O15/c1-31(49)54-30-40-42(58-32(2)50)44(46(59-33(3)51)48(62-40)60-34(4)52)63-47-45(57-28-38-23-15-8-16-24-38)43(56-27-37-21-13-7-14-22-37)41(55-26-36-19-11-6-12-20-36)39(61-47)29-53-25-35-17-9-5-10-18-35/h5-24,39-48H,25-30H2,1-4H3/t39-,40-,41-,42-,43+,44+,45-,46-,47-,48+/m1/s1. The largest absolute Gasteiger partial charge is 0.463 e. The number of rotatable bonds is 20. The lowest BCUT2D eigenvalue weighted by atomic mass is 9.95. The Hall–Kier alpha value is -5.52. The fourth-order valence-corrected chi connectivity index (χ4v) is 7.29. The molecule has 0 unspecified atom stereocenters. The maximum Gasteiger partial charge on any atom is 0.305 e. The second kappa shape index (κ2) is 23.8. The number of hydrogen-bond donors (Lipinski definition) is 0. The molecule has 2 aliphatic heterocycles. The average molecular weight is 871 g/mol. The topological polar surface area (TPSA) is 170 Å². The van der Waals surface area contributed by atoms with Gasteiger partial charge in [-0.05, 0) is 22.3 Å². The number of hydrogen-bond acceptors (Lipinski definition) is 15. The van der Waals surface area contributed by atoms with Crippen LogP contribution >= 0.6 is 0 Å². The van der Waals surface area contributed by atoms with Gasteiger partial charge in [0.05, 0.1) is 33.0 Å². The first-order valence-electron chi connectivity index (χ1n) is 20.7. The van der Waals surface area contributed by atoms with Crippen LogP contribution in [0.2, 0.25) is 0 Å². The van der Waals surface area contributed by atoms with Crippen molar-refractivity contribution in [3.63, 3.8) is 0 Å². The molecule has 336 valence electrons. The zero-order valence-electron chi connectivity index (χ0n) is 35.7. The molecule has 0 spiro atoms. The van der Waals surface area contributed by atoms with Crippen LogP contribution in [0.1, 0.15) is 49.9 Å². The Labute approximate surface area is 366 Å².